The van der Waals surface area contributed by atoms with Gasteiger partial charge in [-0.1, -0.05) is 0 Å². The maximum Gasteiger partial charge on any atom is 0.325 e. The largest absolute Gasteiger partial charge is 0.384 e. The maximum absolute atomic E-state index is 11.5. The topological polar surface area (TPSA) is 74.0 Å². The molecule has 2 aliphatic heterocycles. The fourth-order valence-electron chi connectivity index (χ4n) is 1.54. The minimum absolute atomic E-state index is 0.0937. The predicted octanol–water partition coefficient (Wildman–Crippen LogP) is -0.931. The number of urea groups is 1. The summed E-state index contributed by atoms with van der Waals surface area (Å²) in [6.07, 6.45) is 1.24. The molecule has 0 bridgehead atoms. The third kappa shape index (κ3) is 0.881. The van der Waals surface area contributed by atoms with E-state index in [1.165, 1.54) is 11.2 Å². The Morgan fingerprint density at radius 2 is 2.31 bits per heavy atom. The number of hydrogen-bond donors (Lipinski definition) is 2. The van der Waals surface area contributed by atoms with Gasteiger partial charge in [-0.05, 0) is 0 Å². The van der Waals surface area contributed by atoms with E-state index < -0.39 is 0 Å². The zero-order valence-electron chi connectivity index (χ0n) is 7.48. The number of carbonyl (C=O) groups excluding carboxylic acids is 1. The molecule has 0 aromatic carbocycles. The van der Waals surface area contributed by atoms with Crippen LogP contribution in [-0.2, 0) is 0 Å². The van der Waals surface area contributed by atoms with Gasteiger partial charge in [0.2, 0.25) is 0 Å². The van der Waals surface area contributed by atoms with Crippen molar-refractivity contribution in [1.29, 1.82) is 0 Å². The standard InChI is InChI=1S/C7H11N5O/c1-11-4-5(8)9-3-10-6(4)12(2)7(11)13/h3,6H,8H2,1-2H3,(H,9,10). The number of likely N-dealkylation sites (N-methyl/N-ethyl adjacent to an activating group) is 2. The summed E-state index contributed by atoms with van der Waals surface area (Å²) in [6.45, 7) is 0. The second kappa shape index (κ2) is 2.38. The van der Waals surface area contributed by atoms with Crippen LogP contribution in [0.1, 0.15) is 0 Å². The molecular formula is C7H11N5O. The number of rotatable bonds is 0. The van der Waals surface area contributed by atoms with Gasteiger partial charge in [0, 0.05) is 14.1 Å². The first kappa shape index (κ1) is 7.90. The van der Waals surface area contributed by atoms with Gasteiger partial charge in [-0.25, -0.2) is 9.79 Å². The molecule has 70 valence electrons. The van der Waals surface area contributed by atoms with E-state index in [1.54, 1.807) is 19.0 Å². The van der Waals surface area contributed by atoms with E-state index in [4.69, 9.17) is 5.73 Å². The summed E-state index contributed by atoms with van der Waals surface area (Å²) in [4.78, 5) is 18.6. The van der Waals surface area contributed by atoms with Gasteiger partial charge in [-0.2, -0.15) is 0 Å². The Kier molecular flexibility index (Phi) is 1.45. The number of nitrogens with zero attached hydrogens (tertiary/aromatic N) is 3. The molecule has 6 nitrogen and oxygen atoms in total. The molecule has 0 aromatic rings. The molecular weight excluding hydrogens is 170 g/mol. The third-order valence-corrected chi connectivity index (χ3v) is 2.27. The molecule has 2 aliphatic rings. The predicted molar refractivity (Wildman–Crippen MR) is 47.6 cm³/mol. The van der Waals surface area contributed by atoms with Crippen molar-refractivity contribution in [3.05, 3.63) is 11.5 Å². The summed E-state index contributed by atoms with van der Waals surface area (Å²) in [5, 5.41) is 2.77. The fourth-order valence-corrected chi connectivity index (χ4v) is 1.54. The Bertz CT molecular complexity index is 321. The van der Waals surface area contributed by atoms with Crippen LogP contribution < -0.4 is 11.1 Å². The van der Waals surface area contributed by atoms with Gasteiger partial charge in [0.05, 0.1) is 6.34 Å². The Morgan fingerprint density at radius 1 is 1.62 bits per heavy atom. The number of carbonyl (C=O) groups is 1. The molecule has 0 aromatic heterocycles. The quantitative estimate of drug-likeness (QED) is 0.507. The fraction of sp³-hybridized carbons (Fsp3) is 0.429. The Balaban J connectivity index is 2.46. The lowest BCUT2D eigenvalue weighted by atomic mass is 10.3. The van der Waals surface area contributed by atoms with Gasteiger partial charge >= 0.3 is 6.03 Å². The van der Waals surface area contributed by atoms with Gasteiger partial charge in [0.1, 0.15) is 11.5 Å². The molecule has 13 heavy (non-hydrogen) atoms. The minimum Gasteiger partial charge on any atom is -0.384 e. The lowest BCUT2D eigenvalue weighted by molar-refractivity contribution is 0.202. The Hall–Kier alpha value is -1.72. The lowest BCUT2D eigenvalue weighted by Gasteiger charge is -2.19. The van der Waals surface area contributed by atoms with Crippen molar-refractivity contribution in [3.63, 3.8) is 0 Å². The van der Waals surface area contributed by atoms with E-state index in [0.29, 0.717) is 5.82 Å². The van der Waals surface area contributed by atoms with Crippen LogP contribution in [0.4, 0.5) is 4.79 Å². The first-order valence-electron chi connectivity index (χ1n) is 3.91. The lowest BCUT2D eigenvalue weighted by Crippen LogP contribution is -2.34. The van der Waals surface area contributed by atoms with Crippen molar-refractivity contribution < 1.29 is 4.79 Å². The van der Waals surface area contributed by atoms with Crippen molar-refractivity contribution in [1.82, 2.24) is 15.1 Å². The number of fused-ring (bicyclic) bond motifs is 1. The highest BCUT2D eigenvalue weighted by Gasteiger charge is 2.39. The van der Waals surface area contributed by atoms with E-state index in [0.717, 1.165) is 5.70 Å². The van der Waals surface area contributed by atoms with Crippen molar-refractivity contribution in [2.45, 2.75) is 6.17 Å². The number of amides is 2. The van der Waals surface area contributed by atoms with Crippen LogP contribution in [0.25, 0.3) is 0 Å². The average molecular weight is 181 g/mol. The third-order valence-electron chi connectivity index (χ3n) is 2.27. The second-order valence-electron chi connectivity index (χ2n) is 3.05. The van der Waals surface area contributed by atoms with Crippen LogP contribution in [0.15, 0.2) is 16.5 Å². The summed E-state index contributed by atoms with van der Waals surface area (Å²) in [7, 11) is 3.38. The van der Waals surface area contributed by atoms with Crippen LogP contribution in [0.2, 0.25) is 0 Å². The monoisotopic (exact) mass is 181 g/mol. The molecule has 2 heterocycles. The van der Waals surface area contributed by atoms with Crippen molar-refractivity contribution in [3.8, 4) is 0 Å². The Morgan fingerprint density at radius 3 is 2.92 bits per heavy atom. The van der Waals surface area contributed by atoms with Crippen LogP contribution in [-0.4, -0.2) is 42.4 Å². The highest BCUT2D eigenvalue weighted by Crippen LogP contribution is 2.26. The zero-order chi connectivity index (χ0) is 9.59. The van der Waals surface area contributed by atoms with E-state index in [2.05, 4.69) is 10.3 Å². The number of nitrogens with two attached hydrogens (primary N) is 1. The zero-order valence-corrected chi connectivity index (χ0v) is 7.48. The van der Waals surface area contributed by atoms with Gasteiger partial charge in [0.25, 0.3) is 0 Å². The van der Waals surface area contributed by atoms with Crippen molar-refractivity contribution in [2.24, 2.45) is 10.7 Å². The molecule has 1 atom stereocenters. The van der Waals surface area contributed by atoms with E-state index in [1.807, 2.05) is 0 Å². The molecule has 0 aliphatic carbocycles. The highest BCUT2D eigenvalue weighted by atomic mass is 16.2. The van der Waals surface area contributed by atoms with Crippen molar-refractivity contribution in [2.75, 3.05) is 14.1 Å². The normalized spacial score (nSPS) is 26.6. The molecule has 1 unspecified atom stereocenters. The molecule has 2 amide bonds. The SMILES string of the molecule is CN1C(=O)N(C)C2N=CNC(N)=C21. The molecule has 1 fully saturated rings. The molecule has 6 heteroatoms. The first-order valence-corrected chi connectivity index (χ1v) is 3.91. The average Bonchev–Trinajstić information content (AvgIpc) is 2.33. The summed E-state index contributed by atoms with van der Waals surface area (Å²) < 4.78 is 0. The molecule has 2 rings (SSSR count). The van der Waals surface area contributed by atoms with E-state index >= 15 is 0 Å². The minimum atomic E-state index is -0.265. The van der Waals surface area contributed by atoms with Crippen LogP contribution in [0.5, 0.6) is 0 Å². The van der Waals surface area contributed by atoms with E-state index in [-0.39, 0.29) is 12.2 Å². The molecule has 3 N–H and O–H groups in total. The molecule has 0 radical (unpaired) electrons. The second-order valence-corrected chi connectivity index (χ2v) is 3.05. The van der Waals surface area contributed by atoms with Gasteiger partial charge in [-0.15, -0.1) is 0 Å². The summed E-state index contributed by atoms with van der Waals surface area (Å²) in [5.41, 5.74) is 6.41. The molecule has 0 spiro atoms. The molecule has 1 saturated heterocycles. The maximum atomic E-state index is 11.5. The van der Waals surface area contributed by atoms with E-state index in [9.17, 15) is 4.79 Å². The first-order chi connectivity index (χ1) is 6.13. The molecule has 0 saturated carbocycles. The van der Waals surface area contributed by atoms with Crippen LogP contribution in [0, 0.1) is 0 Å². The van der Waals surface area contributed by atoms with Crippen molar-refractivity contribution >= 4 is 12.4 Å². The highest BCUT2D eigenvalue weighted by molar-refractivity contribution is 5.81. The van der Waals surface area contributed by atoms with Gasteiger partial charge in [-0.3, -0.25) is 9.80 Å². The summed E-state index contributed by atoms with van der Waals surface area (Å²) >= 11 is 0. The van der Waals surface area contributed by atoms with Gasteiger partial charge in [0.15, 0.2) is 6.17 Å². The number of aliphatic imine (C=N–C) groups is 1. The van der Waals surface area contributed by atoms with Crippen LogP contribution >= 0.6 is 0 Å². The smallest absolute Gasteiger partial charge is 0.325 e. The van der Waals surface area contributed by atoms with Crippen LogP contribution in [0.3, 0.4) is 0 Å². The number of nitrogens with one attached hydrogen (secondary N) is 1. The number of hydrogen-bond acceptors (Lipinski definition) is 4. The van der Waals surface area contributed by atoms with Gasteiger partial charge < -0.3 is 11.1 Å². The summed E-state index contributed by atoms with van der Waals surface area (Å²) in [5.74, 6) is 0.486. The summed E-state index contributed by atoms with van der Waals surface area (Å²) in [6, 6.07) is -0.0937. The Labute approximate surface area is 75.7 Å².